The summed E-state index contributed by atoms with van der Waals surface area (Å²) in [7, 11) is 0. The van der Waals surface area contributed by atoms with Gasteiger partial charge in [0.15, 0.2) is 11.6 Å². The number of alkyl halides is 1. The van der Waals surface area contributed by atoms with E-state index < -0.39 is 11.6 Å². The summed E-state index contributed by atoms with van der Waals surface area (Å²) in [5.41, 5.74) is 0.742. The fourth-order valence-corrected chi connectivity index (χ4v) is 4.43. The fourth-order valence-electron chi connectivity index (χ4n) is 3.27. The van der Waals surface area contributed by atoms with Gasteiger partial charge in [-0.05, 0) is 31.2 Å². The van der Waals surface area contributed by atoms with E-state index in [2.05, 4.69) is 11.2 Å². The zero-order chi connectivity index (χ0) is 15.0. The third kappa shape index (κ3) is 2.55. The monoisotopic (exact) mass is 330 g/mol. The van der Waals surface area contributed by atoms with Crippen LogP contribution in [0.15, 0.2) is 12.1 Å². The molecule has 1 fully saturated rings. The van der Waals surface area contributed by atoms with Crippen molar-refractivity contribution in [1.82, 2.24) is 9.55 Å². The number of benzene rings is 1. The summed E-state index contributed by atoms with van der Waals surface area (Å²) < 4.78 is 29.8. The van der Waals surface area contributed by atoms with Crippen LogP contribution in [0.2, 0.25) is 0 Å². The van der Waals surface area contributed by atoms with Crippen molar-refractivity contribution in [3.05, 3.63) is 29.6 Å². The molecule has 0 saturated heterocycles. The van der Waals surface area contributed by atoms with Gasteiger partial charge in [0.05, 0.1) is 11.4 Å². The van der Waals surface area contributed by atoms with Crippen molar-refractivity contribution in [1.29, 1.82) is 0 Å². The number of rotatable bonds is 3. The maximum atomic E-state index is 14.3. The van der Waals surface area contributed by atoms with Gasteiger partial charge in [0, 0.05) is 11.3 Å². The molecule has 1 aromatic carbocycles. The highest BCUT2D eigenvalue weighted by atomic mass is 35.5. The molecule has 21 heavy (non-hydrogen) atoms. The average molecular weight is 331 g/mol. The normalized spacial score (nSPS) is 22.9. The SMILES string of the molecule is CSC1CCCCC1n1c(CCl)nc2ccc(F)c(F)c21. The van der Waals surface area contributed by atoms with Crippen LogP contribution >= 0.6 is 23.4 Å². The van der Waals surface area contributed by atoms with Crippen molar-refractivity contribution in [2.45, 2.75) is 42.9 Å². The van der Waals surface area contributed by atoms with Gasteiger partial charge in [-0.3, -0.25) is 0 Å². The van der Waals surface area contributed by atoms with Crippen LogP contribution in [0.25, 0.3) is 11.0 Å². The molecular weight excluding hydrogens is 314 g/mol. The van der Waals surface area contributed by atoms with Crippen LogP contribution in [0.1, 0.15) is 37.5 Å². The summed E-state index contributed by atoms with van der Waals surface area (Å²) in [5, 5.41) is 0.390. The lowest BCUT2D eigenvalue weighted by atomic mass is 9.94. The van der Waals surface area contributed by atoms with Crippen LogP contribution in [-0.2, 0) is 5.88 Å². The van der Waals surface area contributed by atoms with Gasteiger partial charge in [0.1, 0.15) is 11.3 Å². The number of hydrogen-bond acceptors (Lipinski definition) is 2. The highest BCUT2D eigenvalue weighted by molar-refractivity contribution is 7.99. The van der Waals surface area contributed by atoms with E-state index in [9.17, 15) is 8.78 Å². The number of hydrogen-bond donors (Lipinski definition) is 0. The zero-order valence-electron chi connectivity index (χ0n) is 11.8. The van der Waals surface area contributed by atoms with Gasteiger partial charge in [-0.2, -0.15) is 11.8 Å². The summed E-state index contributed by atoms with van der Waals surface area (Å²) >= 11 is 7.78. The second-order valence-electron chi connectivity index (χ2n) is 5.39. The standard InChI is InChI=1S/C15H17ClF2N2S/c1-21-12-5-3-2-4-11(12)20-13(8-16)19-10-7-6-9(17)14(18)15(10)20/h6-7,11-12H,2-5,8H2,1H3. The molecule has 0 bridgehead atoms. The van der Waals surface area contributed by atoms with Crippen LogP contribution in [0.3, 0.4) is 0 Å². The largest absolute Gasteiger partial charge is 0.320 e. The Morgan fingerprint density at radius 3 is 2.81 bits per heavy atom. The second-order valence-corrected chi connectivity index (χ2v) is 6.73. The average Bonchev–Trinajstić information content (AvgIpc) is 2.90. The number of halogens is 3. The molecule has 0 radical (unpaired) electrons. The number of aromatic nitrogens is 2. The molecule has 0 aliphatic heterocycles. The Bertz CT molecular complexity index is 659. The minimum atomic E-state index is -0.832. The van der Waals surface area contributed by atoms with Crippen LogP contribution in [0, 0.1) is 11.6 Å². The molecule has 1 aliphatic rings. The van der Waals surface area contributed by atoms with E-state index in [1.807, 2.05) is 4.57 Å². The molecule has 6 heteroatoms. The fraction of sp³-hybridized carbons (Fsp3) is 0.533. The molecule has 0 amide bonds. The van der Waals surface area contributed by atoms with Gasteiger partial charge in [-0.1, -0.05) is 12.8 Å². The maximum absolute atomic E-state index is 14.3. The molecule has 0 spiro atoms. The second kappa shape index (κ2) is 6.13. The number of fused-ring (bicyclic) bond motifs is 1. The zero-order valence-corrected chi connectivity index (χ0v) is 13.4. The number of thioether (sulfide) groups is 1. The minimum absolute atomic E-state index is 0.129. The van der Waals surface area contributed by atoms with Gasteiger partial charge in [-0.25, -0.2) is 13.8 Å². The van der Waals surface area contributed by atoms with Crippen molar-refractivity contribution < 1.29 is 8.78 Å². The molecular formula is C15H17ClF2N2S. The van der Waals surface area contributed by atoms with Crippen molar-refractivity contribution in [2.75, 3.05) is 6.26 Å². The predicted octanol–water partition coefficient (Wildman–Crippen LogP) is 4.90. The van der Waals surface area contributed by atoms with E-state index in [0.29, 0.717) is 16.6 Å². The lowest BCUT2D eigenvalue weighted by molar-refractivity contribution is 0.363. The first-order chi connectivity index (χ1) is 10.2. The van der Waals surface area contributed by atoms with Crippen molar-refractivity contribution in [3.63, 3.8) is 0 Å². The van der Waals surface area contributed by atoms with E-state index in [1.54, 1.807) is 11.8 Å². The molecule has 2 nitrogen and oxygen atoms in total. The van der Waals surface area contributed by atoms with E-state index in [1.165, 1.54) is 12.5 Å². The minimum Gasteiger partial charge on any atom is -0.320 e. The molecule has 1 aromatic heterocycles. The van der Waals surface area contributed by atoms with Gasteiger partial charge in [0.25, 0.3) is 0 Å². The Labute approximate surface area is 131 Å². The predicted molar refractivity (Wildman–Crippen MR) is 84.0 cm³/mol. The molecule has 0 N–H and O–H groups in total. The van der Waals surface area contributed by atoms with Crippen molar-refractivity contribution in [2.24, 2.45) is 0 Å². The Hall–Kier alpha value is -0.810. The summed E-state index contributed by atoms with van der Waals surface area (Å²) in [6.07, 6.45) is 6.39. The highest BCUT2D eigenvalue weighted by Crippen LogP contribution is 2.39. The molecule has 114 valence electrons. The Balaban J connectivity index is 2.21. The summed E-state index contributed by atoms with van der Waals surface area (Å²) in [4.78, 5) is 4.39. The Kier molecular flexibility index (Phi) is 4.41. The molecule has 1 heterocycles. The Morgan fingerprint density at radius 1 is 1.33 bits per heavy atom. The summed E-state index contributed by atoms with van der Waals surface area (Å²) in [5.74, 6) is -0.821. The van der Waals surface area contributed by atoms with Crippen molar-refractivity contribution in [3.8, 4) is 0 Å². The first-order valence-electron chi connectivity index (χ1n) is 7.11. The Morgan fingerprint density at radius 2 is 2.10 bits per heavy atom. The van der Waals surface area contributed by atoms with Gasteiger partial charge in [0.2, 0.25) is 0 Å². The first-order valence-corrected chi connectivity index (χ1v) is 8.93. The first kappa shape index (κ1) is 15.1. The van der Waals surface area contributed by atoms with Crippen LogP contribution < -0.4 is 0 Å². The van der Waals surface area contributed by atoms with E-state index in [4.69, 9.17) is 11.6 Å². The third-order valence-corrected chi connectivity index (χ3v) is 5.63. The quantitative estimate of drug-likeness (QED) is 0.745. The number of imidazole rings is 1. The summed E-state index contributed by atoms with van der Waals surface area (Å²) in [6, 6.07) is 2.78. The van der Waals surface area contributed by atoms with Crippen molar-refractivity contribution >= 4 is 34.4 Å². The maximum Gasteiger partial charge on any atom is 0.184 e. The molecule has 2 unspecified atom stereocenters. The van der Waals surface area contributed by atoms with Crippen LogP contribution in [0.4, 0.5) is 8.78 Å². The van der Waals surface area contributed by atoms with E-state index in [-0.39, 0.29) is 17.4 Å². The van der Waals surface area contributed by atoms with Crippen LogP contribution in [0.5, 0.6) is 0 Å². The van der Waals surface area contributed by atoms with Gasteiger partial charge >= 0.3 is 0 Å². The van der Waals surface area contributed by atoms with E-state index >= 15 is 0 Å². The molecule has 1 saturated carbocycles. The highest BCUT2D eigenvalue weighted by Gasteiger charge is 2.30. The lowest BCUT2D eigenvalue weighted by Crippen LogP contribution is -2.26. The van der Waals surface area contributed by atoms with Crippen LogP contribution in [-0.4, -0.2) is 21.1 Å². The topological polar surface area (TPSA) is 17.8 Å². The smallest absolute Gasteiger partial charge is 0.184 e. The third-order valence-electron chi connectivity index (χ3n) is 4.24. The molecule has 3 rings (SSSR count). The van der Waals surface area contributed by atoms with Gasteiger partial charge in [-0.15, -0.1) is 11.6 Å². The molecule has 1 aliphatic carbocycles. The molecule has 2 atom stereocenters. The van der Waals surface area contributed by atoms with E-state index in [0.717, 1.165) is 25.3 Å². The summed E-state index contributed by atoms with van der Waals surface area (Å²) in [6.45, 7) is 0. The number of nitrogens with zero attached hydrogens (tertiary/aromatic N) is 2. The lowest BCUT2D eigenvalue weighted by Gasteiger charge is -2.32. The molecule has 2 aromatic rings. The van der Waals surface area contributed by atoms with Gasteiger partial charge < -0.3 is 4.57 Å².